The fourth-order valence-electron chi connectivity index (χ4n) is 2.06. The van der Waals surface area contributed by atoms with E-state index in [0.29, 0.717) is 10.1 Å². The Balaban J connectivity index is 1.94. The minimum absolute atomic E-state index is 0.150. The Labute approximate surface area is 124 Å². The minimum Gasteiger partial charge on any atom is -0.366 e. The molecule has 22 heavy (non-hydrogen) atoms. The van der Waals surface area contributed by atoms with Gasteiger partial charge >= 0.3 is 15.5 Å². The topological polar surface area (TPSA) is 99.0 Å². The van der Waals surface area contributed by atoms with Crippen LogP contribution in [0.15, 0.2) is 12.4 Å². The molecule has 2 rings (SSSR count). The van der Waals surface area contributed by atoms with E-state index in [0.717, 1.165) is 0 Å². The second kappa shape index (κ2) is 6.05. The van der Waals surface area contributed by atoms with Crippen molar-refractivity contribution in [3.8, 4) is 6.07 Å². The van der Waals surface area contributed by atoms with Crippen molar-refractivity contribution in [1.29, 1.82) is 5.26 Å². The highest BCUT2D eigenvalue weighted by atomic mass is 32.2. The first-order valence-electron chi connectivity index (χ1n) is 6.29. The molecule has 0 radical (unpaired) electrons. The summed E-state index contributed by atoms with van der Waals surface area (Å²) >= 11 is 0. The standard InChI is InChI=1S/C11H12F3N5O2S/c12-11(13,14)22(20,21)19-3-1-8(2-4-19)18-10-7-16-9(5-15)6-17-10/h6-8H,1-4H2,(H,17,18). The number of aromatic nitrogens is 2. The Kier molecular flexibility index (Phi) is 4.52. The van der Waals surface area contributed by atoms with Gasteiger partial charge in [0.25, 0.3) is 0 Å². The average molecular weight is 335 g/mol. The largest absolute Gasteiger partial charge is 0.511 e. The molecule has 2 heterocycles. The van der Waals surface area contributed by atoms with Gasteiger partial charge in [-0.2, -0.15) is 22.7 Å². The zero-order chi connectivity index (χ0) is 16.4. The molecular formula is C11H12F3N5O2S. The zero-order valence-corrected chi connectivity index (χ0v) is 12.0. The molecule has 0 spiro atoms. The molecule has 1 aliphatic heterocycles. The van der Waals surface area contributed by atoms with Crippen LogP contribution in [0.3, 0.4) is 0 Å². The van der Waals surface area contributed by atoms with Gasteiger partial charge in [0.15, 0.2) is 5.69 Å². The molecule has 0 saturated carbocycles. The van der Waals surface area contributed by atoms with Crippen molar-refractivity contribution in [2.75, 3.05) is 18.4 Å². The summed E-state index contributed by atoms with van der Waals surface area (Å²) in [7, 11) is -5.26. The van der Waals surface area contributed by atoms with Gasteiger partial charge in [0.05, 0.1) is 12.4 Å². The molecule has 1 N–H and O–H groups in total. The highest BCUT2D eigenvalue weighted by Crippen LogP contribution is 2.29. The molecule has 120 valence electrons. The van der Waals surface area contributed by atoms with Gasteiger partial charge in [-0.1, -0.05) is 0 Å². The maximum Gasteiger partial charge on any atom is 0.511 e. The van der Waals surface area contributed by atoms with E-state index in [4.69, 9.17) is 5.26 Å². The van der Waals surface area contributed by atoms with E-state index in [1.807, 2.05) is 6.07 Å². The lowest BCUT2D eigenvalue weighted by Crippen LogP contribution is -2.47. The Bertz CT molecular complexity index is 660. The molecule has 0 aliphatic carbocycles. The number of rotatable bonds is 3. The van der Waals surface area contributed by atoms with Crippen LogP contribution in [-0.2, 0) is 10.0 Å². The maximum atomic E-state index is 12.4. The van der Waals surface area contributed by atoms with Crippen molar-refractivity contribution in [3.05, 3.63) is 18.1 Å². The van der Waals surface area contributed by atoms with Crippen LogP contribution >= 0.6 is 0 Å². The van der Waals surface area contributed by atoms with E-state index in [-0.39, 0.29) is 37.7 Å². The molecular weight excluding hydrogens is 323 g/mol. The lowest BCUT2D eigenvalue weighted by atomic mass is 10.1. The van der Waals surface area contributed by atoms with E-state index in [1.165, 1.54) is 12.4 Å². The molecule has 1 saturated heterocycles. The van der Waals surface area contributed by atoms with Crippen molar-refractivity contribution >= 4 is 15.8 Å². The summed E-state index contributed by atoms with van der Waals surface area (Å²) < 4.78 is 60.3. The van der Waals surface area contributed by atoms with E-state index >= 15 is 0 Å². The summed E-state index contributed by atoms with van der Waals surface area (Å²) in [6, 6.07) is 1.61. The third-order valence-electron chi connectivity index (χ3n) is 3.20. The van der Waals surface area contributed by atoms with Crippen molar-refractivity contribution < 1.29 is 21.6 Å². The van der Waals surface area contributed by atoms with E-state index in [9.17, 15) is 21.6 Å². The first kappa shape index (κ1) is 16.4. The van der Waals surface area contributed by atoms with Crippen molar-refractivity contribution in [2.24, 2.45) is 0 Å². The summed E-state index contributed by atoms with van der Waals surface area (Å²) in [6.45, 7) is -0.438. The fourth-order valence-corrected chi connectivity index (χ4v) is 3.04. The van der Waals surface area contributed by atoms with Crippen LogP contribution < -0.4 is 5.32 Å². The summed E-state index contributed by atoms with van der Waals surface area (Å²) in [6.07, 6.45) is 3.05. The molecule has 0 atom stereocenters. The summed E-state index contributed by atoms with van der Waals surface area (Å²) in [5.41, 5.74) is -5.12. The van der Waals surface area contributed by atoms with Crippen LogP contribution in [0.5, 0.6) is 0 Å². The van der Waals surface area contributed by atoms with Crippen LogP contribution in [0.4, 0.5) is 19.0 Å². The normalized spacial score (nSPS) is 17.9. The number of alkyl halides is 3. The second-order valence-corrected chi connectivity index (χ2v) is 6.60. The highest BCUT2D eigenvalue weighted by Gasteiger charge is 2.50. The van der Waals surface area contributed by atoms with Crippen LogP contribution in [0.2, 0.25) is 0 Å². The first-order valence-corrected chi connectivity index (χ1v) is 7.73. The lowest BCUT2D eigenvalue weighted by Gasteiger charge is -2.32. The van der Waals surface area contributed by atoms with Gasteiger partial charge < -0.3 is 5.32 Å². The third-order valence-corrected chi connectivity index (χ3v) is 4.83. The lowest BCUT2D eigenvalue weighted by molar-refractivity contribution is -0.0494. The number of nitrogens with zero attached hydrogens (tertiary/aromatic N) is 4. The molecule has 1 aromatic heterocycles. The number of hydrogen-bond donors (Lipinski definition) is 1. The molecule has 0 amide bonds. The molecule has 7 nitrogen and oxygen atoms in total. The summed E-state index contributed by atoms with van der Waals surface area (Å²) in [5.74, 6) is 0.385. The number of hydrogen-bond acceptors (Lipinski definition) is 6. The van der Waals surface area contributed by atoms with Crippen LogP contribution in [0, 0.1) is 11.3 Å². The molecule has 11 heteroatoms. The quantitative estimate of drug-likeness (QED) is 0.887. The summed E-state index contributed by atoms with van der Waals surface area (Å²) in [4.78, 5) is 7.75. The van der Waals surface area contributed by atoms with E-state index in [1.54, 1.807) is 0 Å². The Morgan fingerprint density at radius 1 is 1.27 bits per heavy atom. The number of anilines is 1. The predicted octanol–water partition coefficient (Wildman–Crippen LogP) is 1.07. The number of sulfonamides is 1. The predicted molar refractivity (Wildman–Crippen MR) is 69.9 cm³/mol. The van der Waals surface area contributed by atoms with E-state index < -0.39 is 15.5 Å². The van der Waals surface area contributed by atoms with Crippen LogP contribution in [-0.4, -0.2) is 47.3 Å². The zero-order valence-electron chi connectivity index (χ0n) is 11.2. The molecule has 0 aromatic carbocycles. The molecule has 1 aliphatic rings. The SMILES string of the molecule is N#Cc1cnc(NC2CCN(S(=O)(=O)C(F)(F)F)CC2)cn1. The Morgan fingerprint density at radius 2 is 1.91 bits per heavy atom. The monoisotopic (exact) mass is 335 g/mol. The maximum absolute atomic E-state index is 12.4. The van der Waals surface area contributed by atoms with Crippen molar-refractivity contribution in [2.45, 2.75) is 24.4 Å². The smallest absolute Gasteiger partial charge is 0.366 e. The first-order chi connectivity index (χ1) is 10.2. The summed E-state index contributed by atoms with van der Waals surface area (Å²) in [5, 5.41) is 11.6. The van der Waals surface area contributed by atoms with Crippen LogP contribution in [0.1, 0.15) is 18.5 Å². The number of piperidine rings is 1. The van der Waals surface area contributed by atoms with Gasteiger partial charge in [0.1, 0.15) is 11.9 Å². The number of nitrogens with one attached hydrogen (secondary N) is 1. The minimum atomic E-state index is -5.27. The molecule has 1 fully saturated rings. The Hall–Kier alpha value is -1.93. The number of halogens is 3. The molecule has 0 unspecified atom stereocenters. The van der Waals surface area contributed by atoms with Gasteiger partial charge in [0, 0.05) is 19.1 Å². The van der Waals surface area contributed by atoms with Crippen molar-refractivity contribution in [1.82, 2.24) is 14.3 Å². The fraction of sp³-hybridized carbons (Fsp3) is 0.545. The highest BCUT2D eigenvalue weighted by molar-refractivity contribution is 7.90. The molecule has 1 aromatic rings. The number of nitriles is 1. The van der Waals surface area contributed by atoms with Gasteiger partial charge in [0.2, 0.25) is 0 Å². The average Bonchev–Trinajstić information content (AvgIpc) is 2.47. The van der Waals surface area contributed by atoms with Gasteiger partial charge in [-0.15, -0.1) is 0 Å². The van der Waals surface area contributed by atoms with Gasteiger partial charge in [-0.05, 0) is 12.8 Å². The second-order valence-electron chi connectivity index (χ2n) is 4.67. The Morgan fingerprint density at radius 3 is 2.36 bits per heavy atom. The third kappa shape index (κ3) is 3.45. The van der Waals surface area contributed by atoms with Gasteiger partial charge in [-0.25, -0.2) is 18.4 Å². The van der Waals surface area contributed by atoms with Gasteiger partial charge in [-0.3, -0.25) is 0 Å². The van der Waals surface area contributed by atoms with Crippen LogP contribution in [0.25, 0.3) is 0 Å². The molecule has 0 bridgehead atoms. The van der Waals surface area contributed by atoms with E-state index in [2.05, 4.69) is 15.3 Å². The van der Waals surface area contributed by atoms with Crippen molar-refractivity contribution in [3.63, 3.8) is 0 Å².